The predicted octanol–water partition coefficient (Wildman–Crippen LogP) is 4.81. The van der Waals surface area contributed by atoms with Crippen LogP contribution in [0.25, 0.3) is 0 Å². The lowest BCUT2D eigenvalue weighted by molar-refractivity contribution is -0.0650. The molecule has 0 aromatic heterocycles. The minimum Gasteiger partial charge on any atom is -0.394 e. The van der Waals surface area contributed by atoms with Gasteiger partial charge in [0.05, 0.1) is 25.4 Å². The first-order valence-electron chi connectivity index (χ1n) is 10.8. The molecule has 0 spiro atoms. The van der Waals surface area contributed by atoms with Gasteiger partial charge in [-0.2, -0.15) is 0 Å². The lowest BCUT2D eigenvalue weighted by Gasteiger charge is -2.28. The molecule has 0 aliphatic carbocycles. The average molecular weight is 382 g/mol. The van der Waals surface area contributed by atoms with Crippen LogP contribution in [-0.4, -0.2) is 35.6 Å². The maximum Gasteiger partial charge on any atom is 0.0880 e. The monoisotopic (exact) mass is 381 g/mol. The topological polar surface area (TPSA) is 75.7 Å². The summed E-state index contributed by atoms with van der Waals surface area (Å²) >= 11 is 0. The summed E-state index contributed by atoms with van der Waals surface area (Å²) in [6.07, 6.45) is 11.1. The molecule has 0 bridgehead atoms. The lowest BCUT2D eigenvalue weighted by Crippen LogP contribution is -2.35. The molecule has 0 aliphatic rings. The molecular formula is C23H43NO3. The number of benzene rings is 1. The van der Waals surface area contributed by atoms with Gasteiger partial charge in [0, 0.05) is 6.54 Å². The molecule has 4 N–H and O–H groups in total. The Morgan fingerprint density at radius 3 is 1.85 bits per heavy atom. The molecule has 0 unspecified atom stereocenters. The number of aliphatic hydroxyl groups is 2. The van der Waals surface area contributed by atoms with Gasteiger partial charge in [0.1, 0.15) is 0 Å². The SMILES string of the molecule is CCCCCCC(O)(CCCCCC)COCCO.NCc1ccccc1. The fourth-order valence-electron chi connectivity index (χ4n) is 2.97. The minimum atomic E-state index is -0.684. The molecular weight excluding hydrogens is 338 g/mol. The highest BCUT2D eigenvalue weighted by Crippen LogP contribution is 2.23. The van der Waals surface area contributed by atoms with Crippen LogP contribution in [0.15, 0.2) is 30.3 Å². The van der Waals surface area contributed by atoms with E-state index < -0.39 is 5.60 Å². The van der Waals surface area contributed by atoms with Gasteiger partial charge in [-0.1, -0.05) is 95.5 Å². The Balaban J connectivity index is 0.000000694. The van der Waals surface area contributed by atoms with Gasteiger partial charge < -0.3 is 20.7 Å². The first-order chi connectivity index (χ1) is 13.1. The van der Waals surface area contributed by atoms with E-state index in [1.54, 1.807) is 0 Å². The zero-order chi connectivity index (χ0) is 20.2. The molecule has 0 fully saturated rings. The molecule has 1 rings (SSSR count). The summed E-state index contributed by atoms with van der Waals surface area (Å²) < 4.78 is 5.36. The van der Waals surface area contributed by atoms with Gasteiger partial charge in [-0.05, 0) is 18.4 Å². The van der Waals surface area contributed by atoms with Gasteiger partial charge in [-0.25, -0.2) is 0 Å². The van der Waals surface area contributed by atoms with Gasteiger partial charge in [-0.3, -0.25) is 0 Å². The third-order valence-electron chi connectivity index (χ3n) is 4.68. The first-order valence-corrected chi connectivity index (χ1v) is 10.8. The highest BCUT2D eigenvalue weighted by molar-refractivity contribution is 5.13. The smallest absolute Gasteiger partial charge is 0.0880 e. The quantitative estimate of drug-likeness (QED) is 0.381. The van der Waals surface area contributed by atoms with Crippen molar-refractivity contribution in [2.75, 3.05) is 19.8 Å². The van der Waals surface area contributed by atoms with Crippen LogP contribution in [0.5, 0.6) is 0 Å². The normalized spacial score (nSPS) is 11.1. The van der Waals surface area contributed by atoms with Crippen molar-refractivity contribution in [2.24, 2.45) is 5.73 Å². The van der Waals surface area contributed by atoms with Crippen LogP contribution in [0.4, 0.5) is 0 Å². The fourth-order valence-corrected chi connectivity index (χ4v) is 2.97. The Kier molecular flexibility index (Phi) is 17.8. The van der Waals surface area contributed by atoms with E-state index >= 15 is 0 Å². The second kappa shape index (κ2) is 18.4. The zero-order valence-corrected chi connectivity index (χ0v) is 17.7. The van der Waals surface area contributed by atoms with Gasteiger partial charge in [0.25, 0.3) is 0 Å². The van der Waals surface area contributed by atoms with E-state index in [9.17, 15) is 5.11 Å². The van der Waals surface area contributed by atoms with E-state index in [1.165, 1.54) is 44.1 Å². The van der Waals surface area contributed by atoms with Gasteiger partial charge in [-0.15, -0.1) is 0 Å². The molecule has 0 saturated carbocycles. The van der Waals surface area contributed by atoms with E-state index in [2.05, 4.69) is 13.8 Å². The number of unbranched alkanes of at least 4 members (excludes halogenated alkanes) is 6. The Bertz CT molecular complexity index is 399. The molecule has 0 aliphatic heterocycles. The van der Waals surface area contributed by atoms with Crippen molar-refractivity contribution in [1.82, 2.24) is 0 Å². The maximum atomic E-state index is 10.6. The van der Waals surface area contributed by atoms with Crippen molar-refractivity contribution in [3.05, 3.63) is 35.9 Å². The second-order valence-corrected chi connectivity index (χ2v) is 7.31. The number of nitrogens with two attached hydrogens (primary N) is 1. The van der Waals surface area contributed by atoms with Gasteiger partial charge >= 0.3 is 0 Å². The molecule has 1 aromatic carbocycles. The standard InChI is InChI=1S/C16H34O3.C7H9N/c1-3-5-7-9-11-16(18,15-19-14-13-17)12-10-8-6-4-2;8-6-7-4-2-1-3-5-7/h17-18H,3-15H2,1-2H3;1-5H,6,8H2. The van der Waals surface area contributed by atoms with Gasteiger partial charge in [0.2, 0.25) is 0 Å². The van der Waals surface area contributed by atoms with Crippen LogP contribution in [0, 0.1) is 0 Å². The Morgan fingerprint density at radius 1 is 0.889 bits per heavy atom. The van der Waals surface area contributed by atoms with E-state index in [4.69, 9.17) is 15.6 Å². The summed E-state index contributed by atoms with van der Waals surface area (Å²) in [5, 5.41) is 19.4. The van der Waals surface area contributed by atoms with E-state index in [0.717, 1.165) is 25.7 Å². The summed E-state index contributed by atoms with van der Waals surface area (Å²) in [5.41, 5.74) is 5.85. The van der Waals surface area contributed by atoms with Crippen molar-refractivity contribution < 1.29 is 14.9 Å². The molecule has 4 heteroatoms. The van der Waals surface area contributed by atoms with Crippen LogP contribution in [0.2, 0.25) is 0 Å². The van der Waals surface area contributed by atoms with Crippen molar-refractivity contribution >= 4 is 0 Å². The van der Waals surface area contributed by atoms with E-state index in [0.29, 0.717) is 19.8 Å². The van der Waals surface area contributed by atoms with Crippen LogP contribution in [-0.2, 0) is 11.3 Å². The molecule has 27 heavy (non-hydrogen) atoms. The van der Waals surface area contributed by atoms with Gasteiger partial charge in [0.15, 0.2) is 0 Å². The number of rotatable bonds is 15. The van der Waals surface area contributed by atoms with Crippen LogP contribution in [0.3, 0.4) is 0 Å². The molecule has 0 radical (unpaired) electrons. The van der Waals surface area contributed by atoms with Crippen LogP contribution >= 0.6 is 0 Å². The third-order valence-corrected chi connectivity index (χ3v) is 4.68. The van der Waals surface area contributed by atoms with Crippen LogP contribution < -0.4 is 5.73 Å². The number of ether oxygens (including phenoxy) is 1. The van der Waals surface area contributed by atoms with Crippen molar-refractivity contribution in [2.45, 2.75) is 90.2 Å². The zero-order valence-electron chi connectivity index (χ0n) is 17.7. The highest BCUT2D eigenvalue weighted by atomic mass is 16.5. The Hall–Kier alpha value is -0.940. The fraction of sp³-hybridized carbons (Fsp3) is 0.739. The van der Waals surface area contributed by atoms with Crippen LogP contribution in [0.1, 0.15) is 83.6 Å². The number of hydrogen-bond donors (Lipinski definition) is 3. The molecule has 0 heterocycles. The molecule has 158 valence electrons. The van der Waals surface area contributed by atoms with Crippen molar-refractivity contribution in [3.63, 3.8) is 0 Å². The first kappa shape index (κ1) is 26.1. The third kappa shape index (κ3) is 15.8. The predicted molar refractivity (Wildman–Crippen MR) is 115 cm³/mol. The number of aliphatic hydroxyl groups excluding tert-OH is 1. The summed E-state index contributed by atoms with van der Waals surface area (Å²) in [6, 6.07) is 9.99. The Morgan fingerprint density at radius 2 is 1.44 bits per heavy atom. The number of hydrogen-bond acceptors (Lipinski definition) is 4. The lowest BCUT2D eigenvalue weighted by atomic mass is 9.90. The maximum absolute atomic E-state index is 10.6. The summed E-state index contributed by atoms with van der Waals surface area (Å²) in [5.74, 6) is 0. The molecule has 4 nitrogen and oxygen atoms in total. The summed E-state index contributed by atoms with van der Waals surface area (Å²) in [6.45, 7) is 5.75. The van der Waals surface area contributed by atoms with E-state index in [1.807, 2.05) is 30.3 Å². The van der Waals surface area contributed by atoms with Crippen molar-refractivity contribution in [1.29, 1.82) is 0 Å². The minimum absolute atomic E-state index is 0.0295. The van der Waals surface area contributed by atoms with Crippen molar-refractivity contribution in [3.8, 4) is 0 Å². The molecule has 0 atom stereocenters. The largest absolute Gasteiger partial charge is 0.394 e. The Labute approximate surface area is 167 Å². The van der Waals surface area contributed by atoms with E-state index in [-0.39, 0.29) is 6.61 Å². The molecule has 0 amide bonds. The average Bonchev–Trinajstić information content (AvgIpc) is 2.70. The molecule has 1 aromatic rings. The highest BCUT2D eigenvalue weighted by Gasteiger charge is 2.26. The molecule has 0 saturated heterocycles. The summed E-state index contributed by atoms with van der Waals surface area (Å²) in [4.78, 5) is 0. The summed E-state index contributed by atoms with van der Waals surface area (Å²) in [7, 11) is 0. The second-order valence-electron chi connectivity index (χ2n) is 7.31.